The summed E-state index contributed by atoms with van der Waals surface area (Å²) in [5.41, 5.74) is 0.205. The zero-order valence-electron chi connectivity index (χ0n) is 11.0. The first-order valence-electron chi connectivity index (χ1n) is 5.97. The average molecular weight is 508 g/mol. The lowest BCUT2D eigenvalue weighted by Gasteiger charge is -2.14. The standard InChI is InChI=1S/C12H14Br3NO4S/c1-2-9(17)7-16-11(18)8-4-3-5-10(6-8)21(19,20)12(13,14)15/h3-6,9,17H,2,7H2,1H3,(H,16,18). The van der Waals surface area contributed by atoms with Gasteiger partial charge in [0.1, 0.15) is 0 Å². The Morgan fingerprint density at radius 2 is 2.00 bits per heavy atom. The Morgan fingerprint density at radius 1 is 1.38 bits per heavy atom. The lowest BCUT2D eigenvalue weighted by Crippen LogP contribution is -2.31. The molecule has 0 radical (unpaired) electrons. The number of hydrogen-bond acceptors (Lipinski definition) is 4. The summed E-state index contributed by atoms with van der Waals surface area (Å²) in [4.78, 5) is 11.9. The molecule has 0 saturated heterocycles. The Labute approximate surface area is 148 Å². The SMILES string of the molecule is CCC(O)CNC(=O)c1cccc(S(=O)(=O)C(Br)(Br)Br)c1. The molecule has 0 heterocycles. The number of sulfone groups is 1. The number of hydrogen-bond donors (Lipinski definition) is 2. The van der Waals surface area contributed by atoms with E-state index >= 15 is 0 Å². The van der Waals surface area contributed by atoms with E-state index in [-0.39, 0.29) is 17.0 Å². The number of carbonyl (C=O) groups is 1. The van der Waals surface area contributed by atoms with Gasteiger partial charge in [-0.3, -0.25) is 4.79 Å². The summed E-state index contributed by atoms with van der Waals surface area (Å²) in [6.07, 6.45) is -0.102. The fourth-order valence-electron chi connectivity index (χ4n) is 1.40. The molecule has 5 nitrogen and oxygen atoms in total. The van der Waals surface area contributed by atoms with Crippen molar-refractivity contribution in [3.8, 4) is 0 Å². The number of nitrogens with one attached hydrogen (secondary N) is 1. The van der Waals surface area contributed by atoms with E-state index in [2.05, 4.69) is 53.1 Å². The van der Waals surface area contributed by atoms with Gasteiger partial charge in [0.25, 0.3) is 5.91 Å². The summed E-state index contributed by atoms with van der Waals surface area (Å²) in [6, 6.07) is 5.66. The van der Waals surface area contributed by atoms with E-state index in [1.165, 1.54) is 24.3 Å². The van der Waals surface area contributed by atoms with Crippen molar-refractivity contribution in [1.82, 2.24) is 5.32 Å². The van der Waals surface area contributed by atoms with Crippen molar-refractivity contribution in [2.24, 2.45) is 0 Å². The molecule has 1 amide bonds. The highest BCUT2D eigenvalue weighted by Crippen LogP contribution is 2.43. The van der Waals surface area contributed by atoms with Crippen LogP contribution in [-0.4, -0.2) is 33.6 Å². The molecule has 1 aromatic rings. The summed E-state index contributed by atoms with van der Waals surface area (Å²) in [6.45, 7) is 1.91. The highest BCUT2D eigenvalue weighted by molar-refractivity contribution is 9.42. The monoisotopic (exact) mass is 505 g/mol. The number of rotatable bonds is 5. The third-order valence-corrected chi connectivity index (χ3v) is 8.00. The number of alkyl halides is 3. The minimum absolute atomic E-state index is 0.0168. The first kappa shape index (κ1) is 19.1. The second-order valence-electron chi connectivity index (χ2n) is 4.25. The first-order chi connectivity index (χ1) is 9.59. The van der Waals surface area contributed by atoms with Gasteiger partial charge in [-0.1, -0.05) is 13.0 Å². The molecule has 1 unspecified atom stereocenters. The predicted molar refractivity (Wildman–Crippen MR) is 91.8 cm³/mol. The average Bonchev–Trinajstić information content (AvgIpc) is 2.43. The molecule has 0 spiro atoms. The Bertz CT molecular complexity index is 613. The molecule has 0 fully saturated rings. The second-order valence-corrected chi connectivity index (χ2v) is 14.7. The maximum Gasteiger partial charge on any atom is 0.251 e. The quantitative estimate of drug-likeness (QED) is 0.600. The van der Waals surface area contributed by atoms with Crippen molar-refractivity contribution >= 4 is 63.5 Å². The van der Waals surface area contributed by atoms with Crippen molar-refractivity contribution in [3.63, 3.8) is 0 Å². The molecule has 0 saturated carbocycles. The predicted octanol–water partition coefficient (Wildman–Crippen LogP) is 2.76. The van der Waals surface area contributed by atoms with Crippen LogP contribution in [0.25, 0.3) is 0 Å². The third kappa shape index (κ3) is 5.02. The lowest BCUT2D eigenvalue weighted by molar-refractivity contribution is 0.0913. The molecular formula is C12H14Br3NO4S. The van der Waals surface area contributed by atoms with Gasteiger partial charge in [-0.15, -0.1) is 0 Å². The number of carbonyl (C=O) groups excluding carboxylic acids is 1. The fourth-order valence-corrected chi connectivity index (χ4v) is 3.88. The van der Waals surface area contributed by atoms with Gasteiger partial charge in [-0.05, 0) is 72.4 Å². The van der Waals surface area contributed by atoms with Gasteiger partial charge < -0.3 is 10.4 Å². The molecule has 9 heteroatoms. The van der Waals surface area contributed by atoms with Gasteiger partial charge in [0.15, 0.2) is 0 Å². The minimum atomic E-state index is -3.75. The van der Waals surface area contributed by atoms with Gasteiger partial charge in [-0.25, -0.2) is 8.42 Å². The molecule has 0 aliphatic rings. The number of aliphatic hydroxyl groups excluding tert-OH is 1. The van der Waals surface area contributed by atoms with Crippen LogP contribution in [0.5, 0.6) is 0 Å². The summed E-state index contributed by atoms with van der Waals surface area (Å²) in [7, 11) is -3.75. The smallest absolute Gasteiger partial charge is 0.251 e. The molecule has 21 heavy (non-hydrogen) atoms. The van der Waals surface area contributed by atoms with Crippen LogP contribution in [0.4, 0.5) is 0 Å². The molecule has 1 rings (SSSR count). The van der Waals surface area contributed by atoms with Crippen molar-refractivity contribution in [2.75, 3.05) is 6.54 Å². The molecule has 0 aliphatic carbocycles. The van der Waals surface area contributed by atoms with Gasteiger partial charge in [0.2, 0.25) is 11.3 Å². The van der Waals surface area contributed by atoms with Gasteiger partial charge in [0.05, 0.1) is 11.0 Å². The normalized spacial score (nSPS) is 13.8. The van der Waals surface area contributed by atoms with Crippen LogP contribution >= 0.6 is 47.8 Å². The van der Waals surface area contributed by atoms with Crippen molar-refractivity contribution < 1.29 is 18.3 Å². The number of benzene rings is 1. The number of halogens is 3. The van der Waals surface area contributed by atoms with E-state index in [4.69, 9.17) is 0 Å². The van der Waals surface area contributed by atoms with Crippen molar-refractivity contribution in [2.45, 2.75) is 25.8 Å². The molecule has 0 aromatic heterocycles. The van der Waals surface area contributed by atoms with Crippen molar-refractivity contribution in [3.05, 3.63) is 29.8 Å². The third-order valence-electron chi connectivity index (χ3n) is 2.68. The topological polar surface area (TPSA) is 83.5 Å². The van der Waals surface area contributed by atoms with Gasteiger partial charge >= 0.3 is 0 Å². The molecule has 118 valence electrons. The largest absolute Gasteiger partial charge is 0.391 e. The zero-order valence-corrected chi connectivity index (χ0v) is 16.6. The molecular weight excluding hydrogens is 494 g/mol. The summed E-state index contributed by atoms with van der Waals surface area (Å²) < 4.78 is 23.0. The van der Waals surface area contributed by atoms with Gasteiger partial charge in [-0.2, -0.15) is 0 Å². The van der Waals surface area contributed by atoms with Crippen LogP contribution in [-0.2, 0) is 9.84 Å². The fraction of sp³-hybridized carbons (Fsp3) is 0.417. The first-order valence-corrected chi connectivity index (χ1v) is 9.83. The Kier molecular flexibility index (Phi) is 6.85. The van der Waals surface area contributed by atoms with E-state index < -0.39 is 23.3 Å². The van der Waals surface area contributed by atoms with E-state index in [1.807, 2.05) is 0 Å². The van der Waals surface area contributed by atoms with Crippen LogP contribution in [0.2, 0.25) is 0 Å². The lowest BCUT2D eigenvalue weighted by atomic mass is 10.2. The summed E-state index contributed by atoms with van der Waals surface area (Å²) in [5.74, 6) is -0.441. The minimum Gasteiger partial charge on any atom is -0.391 e. The maximum atomic E-state index is 12.2. The van der Waals surface area contributed by atoms with E-state index in [9.17, 15) is 18.3 Å². The Hall–Kier alpha value is 0.0400. The molecule has 2 N–H and O–H groups in total. The van der Waals surface area contributed by atoms with E-state index in [0.717, 1.165) is 0 Å². The van der Waals surface area contributed by atoms with Gasteiger partial charge in [0, 0.05) is 12.1 Å². The van der Waals surface area contributed by atoms with Crippen LogP contribution < -0.4 is 5.32 Å². The molecule has 0 aliphatic heterocycles. The molecule has 0 bridgehead atoms. The van der Waals surface area contributed by atoms with Crippen LogP contribution in [0, 0.1) is 0 Å². The highest BCUT2D eigenvalue weighted by Gasteiger charge is 2.37. The van der Waals surface area contributed by atoms with Crippen LogP contribution in [0.3, 0.4) is 0 Å². The Morgan fingerprint density at radius 3 is 2.52 bits per heavy atom. The number of amides is 1. The van der Waals surface area contributed by atoms with E-state index in [1.54, 1.807) is 6.92 Å². The van der Waals surface area contributed by atoms with Crippen molar-refractivity contribution in [1.29, 1.82) is 0 Å². The molecule has 1 aromatic carbocycles. The molecule has 1 atom stereocenters. The summed E-state index contributed by atoms with van der Waals surface area (Å²) in [5, 5.41) is 12.0. The van der Waals surface area contributed by atoms with E-state index in [0.29, 0.717) is 6.42 Å². The highest BCUT2D eigenvalue weighted by atomic mass is 80.0. The number of aliphatic hydroxyl groups is 1. The summed E-state index contributed by atoms with van der Waals surface area (Å²) >= 11 is 8.91. The zero-order chi connectivity index (χ0) is 16.3. The second kappa shape index (κ2) is 7.54. The van der Waals surface area contributed by atoms with Crippen LogP contribution in [0.15, 0.2) is 29.2 Å². The Balaban J connectivity index is 2.99. The van der Waals surface area contributed by atoms with Crippen LogP contribution in [0.1, 0.15) is 23.7 Å². The maximum absolute atomic E-state index is 12.2.